The number of nitrogens with one attached hydrogen (secondary N) is 2. The van der Waals surface area contributed by atoms with Crippen LogP contribution in [0, 0.1) is 11.6 Å². The van der Waals surface area contributed by atoms with Gasteiger partial charge in [-0.25, -0.2) is 8.78 Å². The number of fused-ring (bicyclic) bond motifs is 1. The summed E-state index contributed by atoms with van der Waals surface area (Å²) in [6.07, 6.45) is 4.64. The van der Waals surface area contributed by atoms with E-state index in [9.17, 15) is 13.6 Å². The molecule has 1 aromatic carbocycles. The van der Waals surface area contributed by atoms with Gasteiger partial charge in [0, 0.05) is 36.3 Å². The standard InChI is InChI=1S/C17H16F2N4OS2/c18-12-3-1-2-10(15(12)19)9-25-23-7-13(21-11-4-5-20-6-11)16-14(8-23)26-17(24)22-16/h1-3,7-8,11,20-21H,4-6,9H2. The molecule has 1 atom stereocenters. The second-order valence-electron chi connectivity index (χ2n) is 6.04. The summed E-state index contributed by atoms with van der Waals surface area (Å²) in [6, 6.07) is 4.44. The molecule has 1 unspecified atom stereocenters. The molecule has 1 aromatic rings. The van der Waals surface area contributed by atoms with Crippen molar-refractivity contribution in [1.29, 1.82) is 0 Å². The van der Waals surface area contributed by atoms with E-state index in [1.807, 2.05) is 10.2 Å². The number of halogens is 2. The summed E-state index contributed by atoms with van der Waals surface area (Å²) in [5, 5.41) is 6.72. The van der Waals surface area contributed by atoms with E-state index >= 15 is 0 Å². The summed E-state index contributed by atoms with van der Waals surface area (Å²) >= 11 is 2.40. The highest BCUT2D eigenvalue weighted by Crippen LogP contribution is 2.33. The fourth-order valence-corrected chi connectivity index (χ4v) is 4.60. The topological polar surface area (TPSA) is 59.0 Å². The van der Waals surface area contributed by atoms with Gasteiger partial charge >= 0.3 is 4.87 Å². The highest BCUT2D eigenvalue weighted by atomic mass is 32.2. The Bertz CT molecular complexity index is 952. The summed E-state index contributed by atoms with van der Waals surface area (Å²) < 4.78 is 29.0. The summed E-state index contributed by atoms with van der Waals surface area (Å²) in [7, 11) is 0. The number of hydrogen-bond donors (Lipinski definition) is 2. The zero-order chi connectivity index (χ0) is 18.1. The molecule has 3 heterocycles. The maximum Gasteiger partial charge on any atom is 0.327 e. The Morgan fingerprint density at radius 1 is 1.38 bits per heavy atom. The van der Waals surface area contributed by atoms with Gasteiger partial charge in [-0.3, -0.25) is 8.77 Å². The molecule has 0 aliphatic carbocycles. The average Bonchev–Trinajstić information content (AvgIpc) is 3.25. The van der Waals surface area contributed by atoms with E-state index in [0.29, 0.717) is 11.3 Å². The monoisotopic (exact) mass is 394 g/mol. The summed E-state index contributed by atoms with van der Waals surface area (Å²) in [4.78, 5) is 16.3. The molecular weight excluding hydrogens is 378 g/mol. The molecule has 1 saturated heterocycles. The van der Waals surface area contributed by atoms with E-state index in [1.54, 1.807) is 12.3 Å². The molecule has 136 valence electrons. The van der Waals surface area contributed by atoms with Crippen molar-refractivity contribution in [1.82, 2.24) is 14.3 Å². The maximum absolute atomic E-state index is 13.8. The molecule has 0 radical (unpaired) electrons. The van der Waals surface area contributed by atoms with Gasteiger partial charge in [-0.05, 0) is 31.0 Å². The van der Waals surface area contributed by atoms with Gasteiger partial charge in [0.05, 0.1) is 10.6 Å². The van der Waals surface area contributed by atoms with E-state index in [4.69, 9.17) is 0 Å². The molecular formula is C17H16F2N4OS2. The number of benzene rings is 1. The zero-order valence-electron chi connectivity index (χ0n) is 13.7. The van der Waals surface area contributed by atoms with Gasteiger partial charge in [-0.15, -0.1) is 0 Å². The van der Waals surface area contributed by atoms with Gasteiger partial charge in [0.2, 0.25) is 0 Å². The predicted molar refractivity (Wildman–Crippen MR) is 101 cm³/mol. The Kier molecular flexibility index (Phi) is 4.92. The van der Waals surface area contributed by atoms with Crippen LogP contribution in [-0.2, 0) is 5.75 Å². The smallest absolute Gasteiger partial charge is 0.327 e. The van der Waals surface area contributed by atoms with Crippen molar-refractivity contribution < 1.29 is 8.78 Å². The molecule has 5 nitrogen and oxygen atoms in total. The van der Waals surface area contributed by atoms with Crippen molar-refractivity contribution in [2.45, 2.75) is 18.2 Å². The minimum Gasteiger partial charge on any atom is -0.378 e. The first-order chi connectivity index (χ1) is 12.6. The Labute approximate surface area is 156 Å². The lowest BCUT2D eigenvalue weighted by molar-refractivity contribution is 0.502. The molecule has 1 fully saturated rings. The molecule has 0 spiro atoms. The van der Waals surface area contributed by atoms with Gasteiger partial charge in [-0.2, -0.15) is 4.98 Å². The molecule has 2 N–H and O–H groups in total. The Balaban J connectivity index is 1.61. The minimum absolute atomic E-state index is 0.244. The molecule has 0 amide bonds. The van der Waals surface area contributed by atoms with Crippen LogP contribution >= 0.6 is 23.3 Å². The first kappa shape index (κ1) is 17.4. The van der Waals surface area contributed by atoms with E-state index in [-0.39, 0.29) is 16.7 Å². The summed E-state index contributed by atoms with van der Waals surface area (Å²) in [6.45, 7) is 1.80. The second-order valence-corrected chi connectivity index (χ2v) is 8.01. The van der Waals surface area contributed by atoms with Crippen LogP contribution in [0.2, 0.25) is 0 Å². The minimum atomic E-state index is -0.849. The van der Waals surface area contributed by atoms with Crippen LogP contribution in [0.1, 0.15) is 12.0 Å². The van der Waals surface area contributed by atoms with Gasteiger partial charge in [0.25, 0.3) is 0 Å². The highest BCUT2D eigenvalue weighted by molar-refractivity contribution is 7.97. The number of hydrogen-bond acceptors (Lipinski definition) is 6. The van der Waals surface area contributed by atoms with Crippen LogP contribution in [0.3, 0.4) is 0 Å². The zero-order valence-corrected chi connectivity index (χ0v) is 15.3. The molecule has 4 rings (SSSR count). The van der Waals surface area contributed by atoms with Crippen LogP contribution in [0.4, 0.5) is 14.5 Å². The second kappa shape index (κ2) is 7.34. The van der Waals surface area contributed by atoms with Crippen molar-refractivity contribution in [3.05, 3.63) is 57.5 Å². The molecule has 0 saturated carbocycles. The molecule has 3 aliphatic rings. The average molecular weight is 394 g/mol. The third-order valence-electron chi connectivity index (χ3n) is 4.21. The Hall–Kier alpha value is -1.97. The number of anilines is 1. The molecule has 0 bridgehead atoms. The fourth-order valence-electron chi connectivity index (χ4n) is 2.92. The van der Waals surface area contributed by atoms with Crippen molar-refractivity contribution >= 4 is 29.0 Å². The quantitative estimate of drug-likeness (QED) is 0.696. The first-order valence-corrected chi connectivity index (χ1v) is 9.92. The lowest BCUT2D eigenvalue weighted by Crippen LogP contribution is -2.23. The summed E-state index contributed by atoms with van der Waals surface area (Å²) in [5.74, 6) is -1.40. The third kappa shape index (κ3) is 3.60. The number of aromatic nitrogens is 2. The van der Waals surface area contributed by atoms with Gasteiger partial charge < -0.3 is 10.6 Å². The van der Waals surface area contributed by atoms with Crippen LogP contribution in [-0.4, -0.2) is 28.1 Å². The van der Waals surface area contributed by atoms with Crippen LogP contribution in [0.15, 0.2) is 35.4 Å². The highest BCUT2D eigenvalue weighted by Gasteiger charge is 2.20. The largest absolute Gasteiger partial charge is 0.378 e. The van der Waals surface area contributed by atoms with Crippen molar-refractivity contribution in [3.63, 3.8) is 0 Å². The van der Waals surface area contributed by atoms with Crippen molar-refractivity contribution in [2.24, 2.45) is 0 Å². The molecule has 0 aromatic heterocycles. The normalized spacial score (nSPS) is 17.1. The van der Waals surface area contributed by atoms with Gasteiger partial charge in [-0.1, -0.05) is 23.5 Å². The van der Waals surface area contributed by atoms with Crippen LogP contribution < -0.4 is 15.5 Å². The van der Waals surface area contributed by atoms with E-state index < -0.39 is 11.6 Å². The van der Waals surface area contributed by atoms with E-state index in [0.717, 1.165) is 47.5 Å². The summed E-state index contributed by atoms with van der Waals surface area (Å²) in [5.41, 5.74) is 1.73. The van der Waals surface area contributed by atoms with Crippen LogP contribution in [0.25, 0.3) is 10.6 Å². The van der Waals surface area contributed by atoms with Gasteiger partial charge in [0.15, 0.2) is 11.6 Å². The fraction of sp³-hybridized carbons (Fsp3) is 0.294. The number of nitrogens with zero attached hydrogens (tertiary/aromatic N) is 2. The van der Waals surface area contributed by atoms with E-state index in [2.05, 4.69) is 15.6 Å². The van der Waals surface area contributed by atoms with Crippen molar-refractivity contribution in [2.75, 3.05) is 18.4 Å². The lowest BCUT2D eigenvalue weighted by atomic mass is 10.2. The van der Waals surface area contributed by atoms with E-state index in [1.165, 1.54) is 18.0 Å². The number of thiazole rings is 1. The molecule has 3 aliphatic heterocycles. The Morgan fingerprint density at radius 2 is 2.27 bits per heavy atom. The number of pyridine rings is 1. The Morgan fingerprint density at radius 3 is 3.08 bits per heavy atom. The van der Waals surface area contributed by atoms with Crippen molar-refractivity contribution in [3.8, 4) is 10.6 Å². The maximum atomic E-state index is 13.8. The third-order valence-corrected chi connectivity index (χ3v) is 5.94. The van der Waals surface area contributed by atoms with Gasteiger partial charge in [0.1, 0.15) is 5.69 Å². The number of rotatable bonds is 5. The first-order valence-electron chi connectivity index (χ1n) is 8.16. The predicted octanol–water partition coefficient (Wildman–Crippen LogP) is 3.16. The molecule has 9 heteroatoms. The molecule has 26 heavy (non-hydrogen) atoms. The lowest BCUT2D eigenvalue weighted by Gasteiger charge is -2.17. The SMILES string of the molecule is O=c1nc2c(NC3CCNC3)cn(SCc3cccc(F)c3F)cc-2s1. The van der Waals surface area contributed by atoms with Crippen LogP contribution in [0.5, 0.6) is 0 Å².